The van der Waals surface area contributed by atoms with Gasteiger partial charge in [0.05, 0.1) is 11.5 Å². The summed E-state index contributed by atoms with van der Waals surface area (Å²) in [4.78, 5) is 20.4. The Kier molecular flexibility index (Phi) is 4.07. The van der Waals surface area contributed by atoms with Crippen molar-refractivity contribution in [3.63, 3.8) is 0 Å². The highest BCUT2D eigenvalue weighted by molar-refractivity contribution is 5.70. The Hall–Kier alpha value is -2.00. The van der Waals surface area contributed by atoms with Crippen molar-refractivity contribution >= 4 is 17.3 Å². The molecular formula is C10H16N6O3. The Morgan fingerprint density at radius 3 is 2.89 bits per heavy atom. The minimum atomic E-state index is -0.521. The Morgan fingerprint density at radius 2 is 2.37 bits per heavy atom. The lowest BCUT2D eigenvalue weighted by molar-refractivity contribution is -0.383. The summed E-state index contributed by atoms with van der Waals surface area (Å²) >= 11 is 0. The average molecular weight is 268 g/mol. The van der Waals surface area contributed by atoms with E-state index in [-0.39, 0.29) is 23.4 Å². The Balaban J connectivity index is 2.37. The van der Waals surface area contributed by atoms with Crippen LogP contribution in [0.4, 0.5) is 17.3 Å². The van der Waals surface area contributed by atoms with Crippen molar-refractivity contribution in [1.82, 2.24) is 9.97 Å². The normalized spacial score (nSPS) is 14.2. The fourth-order valence-corrected chi connectivity index (χ4v) is 1.89. The van der Waals surface area contributed by atoms with Crippen LogP contribution in [0.25, 0.3) is 0 Å². The summed E-state index contributed by atoms with van der Waals surface area (Å²) < 4.78 is 5.03. The molecule has 1 aromatic heterocycles. The van der Waals surface area contributed by atoms with Crippen LogP contribution in [0.15, 0.2) is 6.33 Å². The van der Waals surface area contributed by atoms with Crippen molar-refractivity contribution < 1.29 is 9.66 Å². The smallest absolute Gasteiger partial charge is 0.354 e. The third-order valence-corrected chi connectivity index (χ3v) is 2.92. The summed E-state index contributed by atoms with van der Waals surface area (Å²) in [6.07, 6.45) is 3.26. The van der Waals surface area contributed by atoms with Gasteiger partial charge in [-0.3, -0.25) is 10.1 Å². The minimum Gasteiger partial charge on any atom is -0.383 e. The van der Waals surface area contributed by atoms with E-state index in [9.17, 15) is 10.1 Å². The fraction of sp³-hybridized carbons (Fsp3) is 0.600. The fourth-order valence-electron chi connectivity index (χ4n) is 1.89. The summed E-state index contributed by atoms with van der Waals surface area (Å²) in [5.41, 5.74) is 2.04. The van der Waals surface area contributed by atoms with Gasteiger partial charge >= 0.3 is 5.69 Å². The highest BCUT2D eigenvalue weighted by Gasteiger charge is 2.35. The zero-order valence-corrected chi connectivity index (χ0v) is 10.6. The zero-order chi connectivity index (χ0) is 13.8. The lowest BCUT2D eigenvalue weighted by Crippen LogP contribution is -2.31. The van der Waals surface area contributed by atoms with Crippen LogP contribution < -0.4 is 16.2 Å². The van der Waals surface area contributed by atoms with E-state index in [2.05, 4.69) is 15.4 Å². The quantitative estimate of drug-likeness (QED) is 0.411. The largest absolute Gasteiger partial charge is 0.383 e. The van der Waals surface area contributed by atoms with Gasteiger partial charge in [-0.15, -0.1) is 0 Å². The van der Waals surface area contributed by atoms with Crippen LogP contribution >= 0.6 is 0 Å². The second-order valence-electron chi connectivity index (χ2n) is 4.21. The van der Waals surface area contributed by atoms with Crippen molar-refractivity contribution in [1.29, 1.82) is 0 Å². The van der Waals surface area contributed by atoms with Gasteiger partial charge in [-0.25, -0.2) is 15.8 Å². The lowest BCUT2D eigenvalue weighted by Gasteiger charge is -2.22. The van der Waals surface area contributed by atoms with Crippen LogP contribution in [0, 0.1) is 10.1 Å². The first-order valence-corrected chi connectivity index (χ1v) is 5.90. The zero-order valence-electron chi connectivity index (χ0n) is 10.6. The average Bonchev–Trinajstić information content (AvgIpc) is 3.23. The molecule has 1 aliphatic carbocycles. The van der Waals surface area contributed by atoms with Crippen LogP contribution in [-0.2, 0) is 4.74 Å². The molecule has 0 aliphatic heterocycles. The van der Waals surface area contributed by atoms with E-state index in [1.807, 2.05) is 4.90 Å². The van der Waals surface area contributed by atoms with Gasteiger partial charge in [-0.2, -0.15) is 0 Å². The van der Waals surface area contributed by atoms with Gasteiger partial charge in [0.2, 0.25) is 11.6 Å². The number of nitrogens with one attached hydrogen (secondary N) is 1. The molecule has 9 heteroatoms. The molecule has 0 unspecified atom stereocenters. The highest BCUT2D eigenvalue weighted by Crippen LogP contribution is 2.37. The van der Waals surface area contributed by atoms with Crippen LogP contribution in [-0.4, -0.2) is 41.2 Å². The number of anilines is 2. The maximum Gasteiger partial charge on any atom is 0.354 e. The number of ether oxygens (including phenoxy) is 1. The first kappa shape index (κ1) is 13.4. The van der Waals surface area contributed by atoms with Crippen molar-refractivity contribution in [3.8, 4) is 0 Å². The number of nitrogens with zero attached hydrogens (tertiary/aromatic N) is 4. The maximum atomic E-state index is 11.2. The van der Waals surface area contributed by atoms with E-state index in [0.29, 0.717) is 13.2 Å². The number of hydrazine groups is 1. The molecule has 3 N–H and O–H groups in total. The van der Waals surface area contributed by atoms with Gasteiger partial charge in [-0.1, -0.05) is 0 Å². The molecule has 19 heavy (non-hydrogen) atoms. The summed E-state index contributed by atoms with van der Waals surface area (Å²) in [6, 6.07) is 0.273. The van der Waals surface area contributed by atoms with Gasteiger partial charge < -0.3 is 15.1 Å². The Bertz CT molecular complexity index is 465. The number of rotatable bonds is 7. The van der Waals surface area contributed by atoms with E-state index in [1.54, 1.807) is 7.11 Å². The molecular weight excluding hydrogens is 252 g/mol. The van der Waals surface area contributed by atoms with Crippen molar-refractivity contribution in [2.45, 2.75) is 18.9 Å². The molecule has 0 radical (unpaired) electrons. The first-order valence-electron chi connectivity index (χ1n) is 5.90. The second kappa shape index (κ2) is 5.76. The molecule has 0 bridgehead atoms. The molecule has 9 nitrogen and oxygen atoms in total. The van der Waals surface area contributed by atoms with E-state index >= 15 is 0 Å². The van der Waals surface area contributed by atoms with Gasteiger partial charge in [0, 0.05) is 19.7 Å². The molecule has 1 heterocycles. The summed E-state index contributed by atoms with van der Waals surface area (Å²) in [5, 5.41) is 11.2. The van der Waals surface area contributed by atoms with E-state index < -0.39 is 4.92 Å². The number of nitrogens with two attached hydrogens (primary N) is 1. The molecule has 0 aromatic carbocycles. The molecule has 1 aliphatic rings. The number of methoxy groups -OCH3 is 1. The number of nitrogen functional groups attached to an aromatic ring is 1. The second-order valence-corrected chi connectivity index (χ2v) is 4.21. The lowest BCUT2D eigenvalue weighted by atomic mass is 10.3. The summed E-state index contributed by atoms with van der Waals surface area (Å²) in [5.74, 6) is 5.56. The predicted molar refractivity (Wildman–Crippen MR) is 68.7 cm³/mol. The SMILES string of the molecule is COCCN(c1ncnc(NN)c1[N+](=O)[O-])C1CC1. The van der Waals surface area contributed by atoms with Crippen LogP contribution in [0.5, 0.6) is 0 Å². The third-order valence-electron chi connectivity index (χ3n) is 2.92. The topological polar surface area (TPSA) is 119 Å². The van der Waals surface area contributed by atoms with Gasteiger partial charge in [0.1, 0.15) is 6.33 Å². The van der Waals surface area contributed by atoms with E-state index in [0.717, 1.165) is 12.8 Å². The van der Waals surface area contributed by atoms with Gasteiger partial charge in [0.25, 0.3) is 0 Å². The Morgan fingerprint density at radius 1 is 1.63 bits per heavy atom. The van der Waals surface area contributed by atoms with Crippen molar-refractivity contribution in [2.24, 2.45) is 5.84 Å². The molecule has 1 fully saturated rings. The standard InChI is InChI=1S/C10H16N6O3/c1-19-5-4-15(7-2-3-7)10-8(16(17)18)9(14-11)12-6-13-10/h6-7H,2-5,11H2,1H3,(H,12,13,14). The van der Waals surface area contributed by atoms with Gasteiger partial charge in [-0.05, 0) is 12.8 Å². The van der Waals surface area contributed by atoms with Crippen LogP contribution in [0.2, 0.25) is 0 Å². The van der Waals surface area contributed by atoms with Crippen molar-refractivity contribution in [3.05, 3.63) is 16.4 Å². The number of hydrogen-bond donors (Lipinski definition) is 2. The van der Waals surface area contributed by atoms with Crippen LogP contribution in [0.3, 0.4) is 0 Å². The molecule has 1 aromatic rings. The molecule has 1 saturated carbocycles. The first-order chi connectivity index (χ1) is 9.19. The maximum absolute atomic E-state index is 11.2. The number of aromatic nitrogens is 2. The third kappa shape index (κ3) is 2.88. The molecule has 0 amide bonds. The summed E-state index contributed by atoms with van der Waals surface area (Å²) in [6.45, 7) is 1.02. The molecule has 2 rings (SSSR count). The highest BCUT2D eigenvalue weighted by atomic mass is 16.6. The van der Waals surface area contributed by atoms with Crippen molar-refractivity contribution in [2.75, 3.05) is 30.6 Å². The molecule has 0 saturated heterocycles. The Labute approximate surface area is 109 Å². The number of hydrogen-bond acceptors (Lipinski definition) is 8. The van der Waals surface area contributed by atoms with Gasteiger partial charge in [0.15, 0.2) is 0 Å². The molecule has 0 spiro atoms. The van der Waals surface area contributed by atoms with E-state index in [4.69, 9.17) is 10.6 Å². The van der Waals surface area contributed by atoms with Crippen LogP contribution in [0.1, 0.15) is 12.8 Å². The summed E-state index contributed by atoms with van der Waals surface area (Å²) in [7, 11) is 1.59. The number of nitro groups is 1. The molecule has 0 atom stereocenters. The minimum absolute atomic E-state index is 0.0121. The monoisotopic (exact) mass is 268 g/mol. The van der Waals surface area contributed by atoms with E-state index in [1.165, 1.54) is 6.33 Å². The predicted octanol–water partition coefficient (Wildman–Crippen LogP) is 0.286. The molecule has 104 valence electrons.